The molecule has 0 saturated carbocycles. The molecule has 0 fully saturated rings. The van der Waals surface area contributed by atoms with Crippen LogP contribution in [0.15, 0.2) is 18.2 Å². The molecule has 0 radical (unpaired) electrons. The van der Waals surface area contributed by atoms with Crippen molar-refractivity contribution in [1.29, 1.82) is 0 Å². The number of nitrogens with two attached hydrogens (primary N) is 1. The van der Waals surface area contributed by atoms with Gasteiger partial charge in [-0.3, -0.25) is 0 Å². The minimum atomic E-state index is 0.234. The van der Waals surface area contributed by atoms with Crippen LogP contribution in [-0.2, 0) is 6.42 Å². The molecule has 16 heavy (non-hydrogen) atoms. The highest BCUT2D eigenvalue weighted by atomic mass is 16.5. The van der Waals surface area contributed by atoms with Crippen molar-refractivity contribution in [2.75, 3.05) is 13.7 Å². The molecule has 1 rings (SSSR count). The highest BCUT2D eigenvalue weighted by Gasteiger charge is 2.05. The van der Waals surface area contributed by atoms with Crippen molar-refractivity contribution in [3.8, 4) is 11.5 Å². The first-order valence-corrected chi connectivity index (χ1v) is 5.72. The molecule has 0 aromatic heterocycles. The van der Waals surface area contributed by atoms with Crippen molar-refractivity contribution >= 4 is 0 Å². The zero-order valence-corrected chi connectivity index (χ0v) is 10.3. The van der Waals surface area contributed by atoms with Crippen molar-refractivity contribution in [3.05, 3.63) is 23.8 Å². The van der Waals surface area contributed by atoms with Gasteiger partial charge in [0, 0.05) is 6.04 Å². The predicted molar refractivity (Wildman–Crippen MR) is 66.1 cm³/mol. The Hall–Kier alpha value is -1.22. The molecule has 1 unspecified atom stereocenters. The monoisotopic (exact) mass is 223 g/mol. The maximum atomic E-state index is 5.73. The van der Waals surface area contributed by atoms with Crippen molar-refractivity contribution in [3.63, 3.8) is 0 Å². The summed E-state index contributed by atoms with van der Waals surface area (Å²) in [5.41, 5.74) is 6.97. The van der Waals surface area contributed by atoms with Crippen LogP contribution in [0, 0.1) is 0 Å². The molecule has 1 aromatic carbocycles. The van der Waals surface area contributed by atoms with E-state index in [1.165, 1.54) is 5.56 Å². The normalized spacial score (nSPS) is 12.2. The van der Waals surface area contributed by atoms with Crippen molar-refractivity contribution < 1.29 is 9.47 Å². The third-order valence-corrected chi connectivity index (χ3v) is 2.42. The fourth-order valence-corrected chi connectivity index (χ4v) is 1.54. The summed E-state index contributed by atoms with van der Waals surface area (Å²) in [6, 6.07) is 6.28. The Morgan fingerprint density at radius 1 is 1.31 bits per heavy atom. The lowest BCUT2D eigenvalue weighted by molar-refractivity contribution is 0.310. The van der Waals surface area contributed by atoms with E-state index in [-0.39, 0.29) is 6.04 Å². The SMILES string of the molecule is CCOc1ccc(CCC(C)N)cc1OC. The van der Waals surface area contributed by atoms with Crippen LogP contribution in [0.25, 0.3) is 0 Å². The molecule has 3 heteroatoms. The van der Waals surface area contributed by atoms with Crippen LogP contribution in [0.5, 0.6) is 11.5 Å². The molecule has 0 heterocycles. The molecule has 0 bridgehead atoms. The third-order valence-electron chi connectivity index (χ3n) is 2.42. The fraction of sp³-hybridized carbons (Fsp3) is 0.538. The summed E-state index contributed by atoms with van der Waals surface area (Å²) in [5, 5.41) is 0. The number of benzene rings is 1. The first kappa shape index (κ1) is 12.8. The van der Waals surface area contributed by atoms with Crippen molar-refractivity contribution in [2.45, 2.75) is 32.7 Å². The van der Waals surface area contributed by atoms with E-state index in [0.29, 0.717) is 6.61 Å². The van der Waals surface area contributed by atoms with E-state index >= 15 is 0 Å². The fourth-order valence-electron chi connectivity index (χ4n) is 1.54. The van der Waals surface area contributed by atoms with E-state index in [2.05, 4.69) is 6.07 Å². The van der Waals surface area contributed by atoms with Gasteiger partial charge in [-0.05, 0) is 44.4 Å². The molecule has 3 nitrogen and oxygen atoms in total. The topological polar surface area (TPSA) is 44.5 Å². The first-order chi connectivity index (χ1) is 7.67. The molecule has 0 aliphatic heterocycles. The first-order valence-electron chi connectivity index (χ1n) is 5.72. The van der Waals surface area contributed by atoms with Crippen LogP contribution in [0.4, 0.5) is 0 Å². The highest BCUT2D eigenvalue weighted by Crippen LogP contribution is 2.28. The van der Waals surface area contributed by atoms with Crippen LogP contribution in [0.1, 0.15) is 25.8 Å². The van der Waals surface area contributed by atoms with E-state index in [0.717, 1.165) is 24.3 Å². The smallest absolute Gasteiger partial charge is 0.161 e. The molecule has 0 spiro atoms. The van der Waals surface area contributed by atoms with E-state index in [1.807, 2.05) is 26.0 Å². The van der Waals surface area contributed by atoms with Gasteiger partial charge in [0.2, 0.25) is 0 Å². The lowest BCUT2D eigenvalue weighted by Gasteiger charge is -2.11. The summed E-state index contributed by atoms with van der Waals surface area (Å²) in [7, 11) is 1.66. The summed E-state index contributed by atoms with van der Waals surface area (Å²) >= 11 is 0. The summed E-state index contributed by atoms with van der Waals surface area (Å²) in [5.74, 6) is 1.60. The molecule has 0 aliphatic rings. The molecule has 0 aliphatic carbocycles. The van der Waals surface area contributed by atoms with Gasteiger partial charge in [-0.1, -0.05) is 6.07 Å². The lowest BCUT2D eigenvalue weighted by atomic mass is 10.1. The number of hydrogen-bond donors (Lipinski definition) is 1. The Kier molecular flexibility index (Phi) is 5.12. The molecular formula is C13H21NO2. The summed E-state index contributed by atoms with van der Waals surface area (Å²) in [6.45, 7) is 4.63. The van der Waals surface area contributed by atoms with E-state index in [4.69, 9.17) is 15.2 Å². The van der Waals surface area contributed by atoms with Crippen LogP contribution in [0.2, 0.25) is 0 Å². The third kappa shape index (κ3) is 3.74. The van der Waals surface area contributed by atoms with Gasteiger partial charge in [-0.15, -0.1) is 0 Å². The second-order valence-electron chi connectivity index (χ2n) is 3.93. The van der Waals surface area contributed by atoms with E-state index in [1.54, 1.807) is 7.11 Å². The zero-order chi connectivity index (χ0) is 12.0. The maximum Gasteiger partial charge on any atom is 0.161 e. The number of methoxy groups -OCH3 is 1. The Morgan fingerprint density at radius 2 is 2.06 bits per heavy atom. The van der Waals surface area contributed by atoms with E-state index < -0.39 is 0 Å². The highest BCUT2D eigenvalue weighted by molar-refractivity contribution is 5.43. The summed E-state index contributed by atoms with van der Waals surface area (Å²) in [4.78, 5) is 0. The minimum absolute atomic E-state index is 0.234. The molecule has 0 saturated heterocycles. The number of hydrogen-bond acceptors (Lipinski definition) is 3. The van der Waals surface area contributed by atoms with Gasteiger partial charge in [0.05, 0.1) is 13.7 Å². The molecule has 90 valence electrons. The maximum absolute atomic E-state index is 5.73. The second kappa shape index (κ2) is 6.38. The minimum Gasteiger partial charge on any atom is -0.493 e. The van der Waals surface area contributed by atoms with Crippen molar-refractivity contribution in [1.82, 2.24) is 0 Å². The van der Waals surface area contributed by atoms with Crippen LogP contribution in [0.3, 0.4) is 0 Å². The molecule has 1 atom stereocenters. The number of ether oxygens (including phenoxy) is 2. The van der Waals surface area contributed by atoms with Crippen molar-refractivity contribution in [2.24, 2.45) is 5.73 Å². The average molecular weight is 223 g/mol. The average Bonchev–Trinajstić information content (AvgIpc) is 2.28. The van der Waals surface area contributed by atoms with Gasteiger partial charge >= 0.3 is 0 Å². The standard InChI is InChI=1S/C13H21NO2/c1-4-16-12-8-7-11(6-5-10(2)14)9-13(12)15-3/h7-10H,4-6,14H2,1-3H3. The second-order valence-corrected chi connectivity index (χ2v) is 3.93. The number of aryl methyl sites for hydroxylation is 1. The Bertz CT molecular complexity index is 324. The lowest BCUT2D eigenvalue weighted by Crippen LogP contribution is -2.15. The van der Waals surface area contributed by atoms with Gasteiger partial charge in [0.15, 0.2) is 11.5 Å². The molecular weight excluding hydrogens is 202 g/mol. The van der Waals surface area contributed by atoms with Gasteiger partial charge in [0.25, 0.3) is 0 Å². The summed E-state index contributed by atoms with van der Waals surface area (Å²) < 4.78 is 10.7. The van der Waals surface area contributed by atoms with Gasteiger partial charge < -0.3 is 15.2 Å². The predicted octanol–water partition coefficient (Wildman–Crippen LogP) is 2.37. The van der Waals surface area contributed by atoms with Crippen LogP contribution < -0.4 is 15.2 Å². The number of rotatable bonds is 6. The van der Waals surface area contributed by atoms with Crippen LogP contribution >= 0.6 is 0 Å². The Morgan fingerprint density at radius 3 is 2.62 bits per heavy atom. The molecule has 0 amide bonds. The molecule has 2 N–H and O–H groups in total. The van der Waals surface area contributed by atoms with Gasteiger partial charge in [-0.25, -0.2) is 0 Å². The largest absolute Gasteiger partial charge is 0.493 e. The zero-order valence-electron chi connectivity index (χ0n) is 10.3. The summed E-state index contributed by atoms with van der Waals surface area (Å²) in [6.07, 6.45) is 1.96. The molecule has 1 aromatic rings. The van der Waals surface area contributed by atoms with E-state index in [9.17, 15) is 0 Å². The van der Waals surface area contributed by atoms with Crippen LogP contribution in [-0.4, -0.2) is 19.8 Å². The quantitative estimate of drug-likeness (QED) is 0.805. The Labute approximate surface area is 97.6 Å². The van der Waals surface area contributed by atoms with Gasteiger partial charge in [-0.2, -0.15) is 0 Å². The van der Waals surface area contributed by atoms with Gasteiger partial charge in [0.1, 0.15) is 0 Å². The Balaban J connectivity index is 2.74.